The van der Waals surface area contributed by atoms with Gasteiger partial charge in [0, 0.05) is 19.2 Å². The van der Waals surface area contributed by atoms with E-state index < -0.39 is 5.97 Å². The molecule has 1 aromatic heterocycles. The Morgan fingerprint density at radius 3 is 2.75 bits per heavy atom. The van der Waals surface area contributed by atoms with Crippen LogP contribution < -0.4 is 4.74 Å². The van der Waals surface area contributed by atoms with Gasteiger partial charge in [0.15, 0.2) is 0 Å². The van der Waals surface area contributed by atoms with Gasteiger partial charge in [-0.3, -0.25) is 0 Å². The standard InChI is InChI=1S/C11H15NO4/c1-12-6-4-8(5-7-12)15-10-3-2-9(16-10)11(13)14/h2-3,8H,4-7H2,1H3,(H,13,14). The monoisotopic (exact) mass is 225 g/mol. The highest BCUT2D eigenvalue weighted by molar-refractivity contribution is 5.84. The summed E-state index contributed by atoms with van der Waals surface area (Å²) in [6.07, 6.45) is 2.02. The second-order valence-electron chi connectivity index (χ2n) is 4.04. The maximum absolute atomic E-state index is 10.6. The number of carboxylic acid groups (broad SMARTS) is 1. The molecule has 0 atom stereocenters. The van der Waals surface area contributed by atoms with Crippen LogP contribution in [0.1, 0.15) is 23.4 Å². The number of hydrogen-bond acceptors (Lipinski definition) is 4. The molecule has 88 valence electrons. The molecular formula is C11H15NO4. The second kappa shape index (κ2) is 4.57. The molecule has 1 N–H and O–H groups in total. The molecule has 1 aliphatic heterocycles. The van der Waals surface area contributed by atoms with Gasteiger partial charge in [-0.25, -0.2) is 4.79 Å². The van der Waals surface area contributed by atoms with E-state index in [1.54, 1.807) is 6.07 Å². The van der Waals surface area contributed by atoms with Gasteiger partial charge in [0.25, 0.3) is 5.95 Å². The van der Waals surface area contributed by atoms with Crippen molar-refractivity contribution >= 4 is 5.97 Å². The molecule has 2 heterocycles. The van der Waals surface area contributed by atoms with Crippen molar-refractivity contribution in [2.24, 2.45) is 0 Å². The summed E-state index contributed by atoms with van der Waals surface area (Å²) in [5, 5.41) is 8.68. The summed E-state index contributed by atoms with van der Waals surface area (Å²) >= 11 is 0. The zero-order valence-electron chi connectivity index (χ0n) is 9.18. The largest absolute Gasteiger partial charge is 0.475 e. The van der Waals surface area contributed by atoms with Crippen molar-refractivity contribution in [2.45, 2.75) is 18.9 Å². The Hall–Kier alpha value is -1.49. The summed E-state index contributed by atoms with van der Waals surface area (Å²) in [5.41, 5.74) is 0. The highest BCUT2D eigenvalue weighted by Gasteiger charge is 2.19. The van der Waals surface area contributed by atoms with E-state index in [0.29, 0.717) is 5.95 Å². The number of aromatic carboxylic acids is 1. The van der Waals surface area contributed by atoms with Crippen molar-refractivity contribution < 1.29 is 19.1 Å². The summed E-state index contributed by atoms with van der Waals surface area (Å²) in [4.78, 5) is 12.8. The van der Waals surface area contributed by atoms with Crippen LogP contribution in [0.5, 0.6) is 5.95 Å². The number of carboxylic acids is 1. The number of rotatable bonds is 3. The normalized spacial score (nSPS) is 18.6. The number of furan rings is 1. The third-order valence-electron chi connectivity index (χ3n) is 2.74. The summed E-state index contributed by atoms with van der Waals surface area (Å²) < 4.78 is 10.6. The van der Waals surface area contributed by atoms with E-state index in [0.717, 1.165) is 25.9 Å². The lowest BCUT2D eigenvalue weighted by Gasteiger charge is -2.28. The summed E-state index contributed by atoms with van der Waals surface area (Å²) in [6.45, 7) is 1.99. The molecule has 1 aliphatic rings. The quantitative estimate of drug-likeness (QED) is 0.843. The Morgan fingerprint density at radius 1 is 1.50 bits per heavy atom. The molecule has 0 aliphatic carbocycles. The fourth-order valence-electron chi connectivity index (χ4n) is 1.77. The summed E-state index contributed by atoms with van der Waals surface area (Å²) in [7, 11) is 2.08. The first-order valence-electron chi connectivity index (χ1n) is 5.33. The molecule has 5 heteroatoms. The van der Waals surface area contributed by atoms with Crippen LogP contribution >= 0.6 is 0 Å². The van der Waals surface area contributed by atoms with Gasteiger partial charge in [0.05, 0.1) is 0 Å². The Morgan fingerprint density at radius 2 is 2.19 bits per heavy atom. The average Bonchev–Trinajstić information content (AvgIpc) is 2.70. The molecule has 1 fully saturated rings. The van der Waals surface area contributed by atoms with Crippen molar-refractivity contribution in [3.63, 3.8) is 0 Å². The number of carbonyl (C=O) groups is 1. The predicted molar refractivity (Wildman–Crippen MR) is 56.8 cm³/mol. The van der Waals surface area contributed by atoms with Crippen molar-refractivity contribution in [2.75, 3.05) is 20.1 Å². The van der Waals surface area contributed by atoms with Gasteiger partial charge in [-0.2, -0.15) is 0 Å². The molecule has 16 heavy (non-hydrogen) atoms. The van der Waals surface area contributed by atoms with E-state index in [4.69, 9.17) is 14.3 Å². The molecule has 1 aromatic rings. The van der Waals surface area contributed by atoms with Gasteiger partial charge in [-0.1, -0.05) is 0 Å². The minimum absolute atomic E-state index is 0.0806. The lowest BCUT2D eigenvalue weighted by molar-refractivity contribution is 0.0621. The molecule has 0 saturated carbocycles. The van der Waals surface area contributed by atoms with E-state index in [2.05, 4.69) is 11.9 Å². The molecule has 1 saturated heterocycles. The molecule has 0 aromatic carbocycles. The first-order chi connectivity index (χ1) is 7.65. The topological polar surface area (TPSA) is 62.9 Å². The minimum Gasteiger partial charge on any atom is -0.475 e. The fourth-order valence-corrected chi connectivity index (χ4v) is 1.77. The molecule has 0 radical (unpaired) electrons. The van der Waals surface area contributed by atoms with E-state index in [-0.39, 0.29) is 11.9 Å². The van der Waals surface area contributed by atoms with Gasteiger partial charge < -0.3 is 19.2 Å². The molecule has 0 amide bonds. The maximum atomic E-state index is 10.6. The molecule has 0 unspecified atom stereocenters. The fraction of sp³-hybridized carbons (Fsp3) is 0.545. The van der Waals surface area contributed by atoms with E-state index >= 15 is 0 Å². The van der Waals surface area contributed by atoms with Crippen LogP contribution in [0.15, 0.2) is 16.5 Å². The first-order valence-corrected chi connectivity index (χ1v) is 5.33. The van der Waals surface area contributed by atoms with Crippen molar-refractivity contribution in [1.82, 2.24) is 4.90 Å². The van der Waals surface area contributed by atoms with Crippen LogP contribution in [0.3, 0.4) is 0 Å². The Kier molecular flexibility index (Phi) is 3.14. The van der Waals surface area contributed by atoms with Crippen molar-refractivity contribution in [1.29, 1.82) is 0 Å². The second-order valence-corrected chi connectivity index (χ2v) is 4.04. The first kappa shape index (κ1) is 11.0. The maximum Gasteiger partial charge on any atom is 0.371 e. The number of hydrogen-bond donors (Lipinski definition) is 1. The smallest absolute Gasteiger partial charge is 0.371 e. The van der Waals surface area contributed by atoms with Crippen LogP contribution in [0.2, 0.25) is 0 Å². The summed E-state index contributed by atoms with van der Waals surface area (Å²) in [5.74, 6) is -0.854. The summed E-state index contributed by atoms with van der Waals surface area (Å²) in [6, 6.07) is 2.97. The number of nitrogens with zero attached hydrogens (tertiary/aromatic N) is 1. The van der Waals surface area contributed by atoms with Crippen molar-refractivity contribution in [3.05, 3.63) is 17.9 Å². The molecular weight excluding hydrogens is 210 g/mol. The van der Waals surface area contributed by atoms with Crippen LogP contribution in [0, 0.1) is 0 Å². The van der Waals surface area contributed by atoms with E-state index in [1.165, 1.54) is 6.07 Å². The number of piperidine rings is 1. The third kappa shape index (κ3) is 2.55. The lowest BCUT2D eigenvalue weighted by atomic mass is 10.1. The Labute approximate surface area is 93.6 Å². The van der Waals surface area contributed by atoms with Crippen LogP contribution in [-0.4, -0.2) is 42.2 Å². The van der Waals surface area contributed by atoms with Crippen molar-refractivity contribution in [3.8, 4) is 5.95 Å². The third-order valence-corrected chi connectivity index (χ3v) is 2.74. The van der Waals surface area contributed by atoms with Crippen LogP contribution in [-0.2, 0) is 0 Å². The molecule has 0 bridgehead atoms. The average molecular weight is 225 g/mol. The number of likely N-dealkylation sites (tertiary alicyclic amines) is 1. The molecule has 2 rings (SSSR count). The van der Waals surface area contributed by atoms with Gasteiger partial charge in [0.2, 0.25) is 5.76 Å². The molecule has 0 spiro atoms. The van der Waals surface area contributed by atoms with Crippen LogP contribution in [0.25, 0.3) is 0 Å². The highest BCUT2D eigenvalue weighted by atomic mass is 16.6. The van der Waals surface area contributed by atoms with Crippen LogP contribution in [0.4, 0.5) is 0 Å². The van der Waals surface area contributed by atoms with Gasteiger partial charge in [-0.05, 0) is 26.0 Å². The van der Waals surface area contributed by atoms with E-state index in [9.17, 15) is 4.79 Å². The van der Waals surface area contributed by atoms with Gasteiger partial charge in [0.1, 0.15) is 6.10 Å². The zero-order valence-corrected chi connectivity index (χ0v) is 9.18. The van der Waals surface area contributed by atoms with E-state index in [1.807, 2.05) is 0 Å². The SMILES string of the molecule is CN1CCC(Oc2ccc(C(=O)O)o2)CC1. The highest BCUT2D eigenvalue weighted by Crippen LogP contribution is 2.21. The Bertz CT molecular complexity index is 366. The number of ether oxygens (including phenoxy) is 1. The predicted octanol–water partition coefficient (Wildman–Crippen LogP) is 1.45. The molecule has 5 nitrogen and oxygen atoms in total. The zero-order chi connectivity index (χ0) is 11.5. The van der Waals surface area contributed by atoms with Gasteiger partial charge in [-0.15, -0.1) is 0 Å². The lowest BCUT2D eigenvalue weighted by Crippen LogP contribution is -2.35. The minimum atomic E-state index is -1.07. The Balaban J connectivity index is 1.91. The van der Waals surface area contributed by atoms with Gasteiger partial charge >= 0.3 is 5.97 Å².